The fourth-order valence-corrected chi connectivity index (χ4v) is 2.41. The molecule has 0 fully saturated rings. The SMILES string of the molecule is Cc1cc(Br)c(F)c2c(Br)ccnc12. The standard InChI is InChI=1S/C10H6Br2FN/c1-5-4-7(12)9(13)8-6(11)2-3-14-10(5)8/h2-4H,1H3. The molecule has 0 spiro atoms. The molecule has 4 heteroatoms. The van der Waals surface area contributed by atoms with Crippen molar-refractivity contribution >= 4 is 42.8 Å². The molecule has 0 aliphatic rings. The van der Waals surface area contributed by atoms with Crippen molar-refractivity contribution in [2.45, 2.75) is 6.92 Å². The molecule has 0 radical (unpaired) electrons. The van der Waals surface area contributed by atoms with E-state index in [-0.39, 0.29) is 5.82 Å². The van der Waals surface area contributed by atoms with E-state index in [1.54, 1.807) is 18.3 Å². The highest BCUT2D eigenvalue weighted by Gasteiger charge is 2.11. The Morgan fingerprint density at radius 2 is 2.00 bits per heavy atom. The first-order valence-electron chi connectivity index (χ1n) is 4.00. The molecule has 1 aromatic heterocycles. The number of aromatic nitrogens is 1. The number of hydrogen-bond acceptors (Lipinski definition) is 1. The van der Waals surface area contributed by atoms with Crippen LogP contribution in [0, 0.1) is 12.7 Å². The normalized spacial score (nSPS) is 10.9. The van der Waals surface area contributed by atoms with E-state index in [9.17, 15) is 4.39 Å². The molecule has 0 amide bonds. The summed E-state index contributed by atoms with van der Waals surface area (Å²) >= 11 is 6.49. The van der Waals surface area contributed by atoms with Crippen LogP contribution in [0.5, 0.6) is 0 Å². The lowest BCUT2D eigenvalue weighted by Crippen LogP contribution is -1.89. The van der Waals surface area contributed by atoms with Gasteiger partial charge in [-0.15, -0.1) is 0 Å². The minimum absolute atomic E-state index is 0.273. The number of hydrogen-bond donors (Lipinski definition) is 0. The molecule has 1 nitrogen and oxygen atoms in total. The molecule has 0 saturated carbocycles. The first kappa shape index (κ1) is 10.1. The Bertz CT molecular complexity index is 511. The summed E-state index contributed by atoms with van der Waals surface area (Å²) in [6.45, 7) is 1.91. The summed E-state index contributed by atoms with van der Waals surface area (Å²) in [7, 11) is 0. The van der Waals surface area contributed by atoms with Crippen LogP contribution >= 0.6 is 31.9 Å². The van der Waals surface area contributed by atoms with Gasteiger partial charge >= 0.3 is 0 Å². The van der Waals surface area contributed by atoms with Gasteiger partial charge in [-0.3, -0.25) is 4.98 Å². The second kappa shape index (κ2) is 3.59. The molecule has 2 rings (SSSR count). The highest BCUT2D eigenvalue weighted by molar-refractivity contribution is 9.11. The summed E-state index contributed by atoms with van der Waals surface area (Å²) in [6, 6.07) is 3.47. The Labute approximate surface area is 97.6 Å². The van der Waals surface area contributed by atoms with E-state index in [0.29, 0.717) is 15.4 Å². The molecule has 14 heavy (non-hydrogen) atoms. The lowest BCUT2D eigenvalue weighted by molar-refractivity contribution is 0.632. The molecule has 2 aromatic rings. The third-order valence-corrected chi connectivity index (χ3v) is 3.28. The zero-order valence-electron chi connectivity index (χ0n) is 7.31. The lowest BCUT2D eigenvalue weighted by Gasteiger charge is -2.06. The van der Waals surface area contributed by atoms with Gasteiger partial charge in [0.05, 0.1) is 15.4 Å². The number of benzene rings is 1. The number of pyridine rings is 1. The summed E-state index contributed by atoms with van der Waals surface area (Å²) in [5.74, 6) is -0.273. The van der Waals surface area contributed by atoms with Crippen LogP contribution < -0.4 is 0 Å². The van der Waals surface area contributed by atoms with Crippen LogP contribution in [-0.4, -0.2) is 4.98 Å². The van der Waals surface area contributed by atoms with Crippen molar-refractivity contribution in [2.75, 3.05) is 0 Å². The minimum Gasteiger partial charge on any atom is -0.256 e. The zero-order valence-corrected chi connectivity index (χ0v) is 10.5. The van der Waals surface area contributed by atoms with E-state index < -0.39 is 0 Å². The molecule has 0 unspecified atom stereocenters. The Morgan fingerprint density at radius 1 is 1.29 bits per heavy atom. The largest absolute Gasteiger partial charge is 0.256 e. The van der Waals surface area contributed by atoms with Gasteiger partial charge in [0.25, 0.3) is 0 Å². The van der Waals surface area contributed by atoms with Crippen molar-refractivity contribution in [1.29, 1.82) is 0 Å². The summed E-state index contributed by atoms with van der Waals surface area (Å²) < 4.78 is 14.9. The van der Waals surface area contributed by atoms with Gasteiger partial charge in [0.15, 0.2) is 0 Å². The predicted molar refractivity (Wildman–Crippen MR) is 61.8 cm³/mol. The molecule has 0 aliphatic heterocycles. The molecule has 1 aromatic carbocycles. The van der Waals surface area contributed by atoms with Crippen molar-refractivity contribution in [2.24, 2.45) is 0 Å². The van der Waals surface area contributed by atoms with Crippen LogP contribution in [0.2, 0.25) is 0 Å². The van der Waals surface area contributed by atoms with E-state index in [4.69, 9.17) is 0 Å². The second-order valence-electron chi connectivity index (χ2n) is 3.01. The number of rotatable bonds is 0. The van der Waals surface area contributed by atoms with Crippen LogP contribution in [0.1, 0.15) is 5.56 Å². The van der Waals surface area contributed by atoms with E-state index in [1.807, 2.05) is 6.92 Å². The highest BCUT2D eigenvalue weighted by atomic mass is 79.9. The monoisotopic (exact) mass is 317 g/mol. The molecular weight excluding hydrogens is 313 g/mol. The third-order valence-electron chi connectivity index (χ3n) is 2.05. The third kappa shape index (κ3) is 1.46. The van der Waals surface area contributed by atoms with Gasteiger partial charge in [-0.25, -0.2) is 4.39 Å². The van der Waals surface area contributed by atoms with E-state index in [2.05, 4.69) is 36.8 Å². The van der Waals surface area contributed by atoms with Gasteiger partial charge in [0.2, 0.25) is 0 Å². The smallest absolute Gasteiger partial charge is 0.147 e. The fourth-order valence-electron chi connectivity index (χ4n) is 1.39. The maximum atomic E-state index is 13.7. The maximum absolute atomic E-state index is 13.7. The van der Waals surface area contributed by atoms with Crippen molar-refractivity contribution in [3.8, 4) is 0 Å². The molecule has 1 heterocycles. The minimum atomic E-state index is -0.273. The molecule has 0 bridgehead atoms. The quantitative estimate of drug-likeness (QED) is 0.709. The topological polar surface area (TPSA) is 12.9 Å². The van der Waals surface area contributed by atoms with E-state index >= 15 is 0 Å². The van der Waals surface area contributed by atoms with Crippen LogP contribution in [0.15, 0.2) is 27.3 Å². The van der Waals surface area contributed by atoms with Crippen molar-refractivity contribution in [1.82, 2.24) is 4.98 Å². The Kier molecular flexibility index (Phi) is 2.58. The number of halogens is 3. The van der Waals surface area contributed by atoms with Gasteiger partial charge in [-0.1, -0.05) is 0 Å². The number of aryl methyl sites for hydroxylation is 1. The van der Waals surface area contributed by atoms with Crippen molar-refractivity contribution in [3.05, 3.63) is 38.7 Å². The summed E-state index contributed by atoms with van der Waals surface area (Å²) in [5, 5.41) is 0.527. The first-order valence-corrected chi connectivity index (χ1v) is 5.58. The van der Waals surface area contributed by atoms with Gasteiger partial charge in [0.1, 0.15) is 5.82 Å². The van der Waals surface area contributed by atoms with Gasteiger partial charge < -0.3 is 0 Å². The van der Waals surface area contributed by atoms with Crippen LogP contribution in [0.4, 0.5) is 4.39 Å². The number of fused-ring (bicyclic) bond motifs is 1. The summed E-state index contributed by atoms with van der Waals surface area (Å²) in [6.07, 6.45) is 1.66. The van der Waals surface area contributed by atoms with Gasteiger partial charge in [-0.05, 0) is 56.5 Å². The van der Waals surface area contributed by atoms with Crippen molar-refractivity contribution < 1.29 is 4.39 Å². The summed E-state index contributed by atoms with van der Waals surface area (Å²) in [4.78, 5) is 4.15. The average molecular weight is 319 g/mol. The Morgan fingerprint density at radius 3 is 2.71 bits per heavy atom. The van der Waals surface area contributed by atoms with Gasteiger partial charge in [0, 0.05) is 10.7 Å². The fraction of sp³-hybridized carbons (Fsp3) is 0.100. The Balaban J connectivity index is 3.03. The zero-order chi connectivity index (χ0) is 10.3. The molecular formula is C10H6Br2FN. The second-order valence-corrected chi connectivity index (χ2v) is 4.71. The highest BCUT2D eigenvalue weighted by Crippen LogP contribution is 2.31. The number of nitrogens with zero attached hydrogens (tertiary/aromatic N) is 1. The molecule has 72 valence electrons. The van der Waals surface area contributed by atoms with Crippen LogP contribution in [0.25, 0.3) is 10.9 Å². The van der Waals surface area contributed by atoms with Crippen molar-refractivity contribution in [3.63, 3.8) is 0 Å². The lowest BCUT2D eigenvalue weighted by atomic mass is 10.1. The first-order chi connectivity index (χ1) is 6.61. The van der Waals surface area contributed by atoms with Crippen LogP contribution in [-0.2, 0) is 0 Å². The maximum Gasteiger partial charge on any atom is 0.147 e. The Hall–Kier alpha value is -0.480. The van der Waals surface area contributed by atoms with E-state index in [1.165, 1.54) is 0 Å². The van der Waals surface area contributed by atoms with E-state index in [0.717, 1.165) is 10.0 Å². The molecule has 0 aliphatic carbocycles. The predicted octanol–water partition coefficient (Wildman–Crippen LogP) is 4.21. The average Bonchev–Trinajstić information content (AvgIpc) is 2.14. The molecule has 0 saturated heterocycles. The molecule has 0 N–H and O–H groups in total. The summed E-state index contributed by atoms with van der Waals surface area (Å²) in [5.41, 5.74) is 1.65. The van der Waals surface area contributed by atoms with Gasteiger partial charge in [-0.2, -0.15) is 0 Å². The molecule has 0 atom stereocenters. The van der Waals surface area contributed by atoms with Crippen LogP contribution in [0.3, 0.4) is 0 Å².